The summed E-state index contributed by atoms with van der Waals surface area (Å²) in [5.41, 5.74) is 2.82. The van der Waals surface area contributed by atoms with E-state index in [0.717, 1.165) is 21.9 Å². The molecule has 0 aliphatic carbocycles. The number of nitrogens with zero attached hydrogens (tertiary/aromatic N) is 1. The fourth-order valence-electron chi connectivity index (χ4n) is 4.54. The largest absolute Gasteiger partial charge is 0.326 e. The molecule has 0 radical (unpaired) electrons. The molecule has 0 fully saturated rings. The van der Waals surface area contributed by atoms with Crippen molar-refractivity contribution in [3.8, 4) is 0 Å². The first kappa shape index (κ1) is 23.7. The van der Waals surface area contributed by atoms with Gasteiger partial charge < -0.3 is 10.6 Å². The first-order valence-electron chi connectivity index (χ1n) is 11.6. The van der Waals surface area contributed by atoms with E-state index in [9.17, 15) is 18.0 Å². The van der Waals surface area contributed by atoms with Gasteiger partial charge in [0.15, 0.2) is 0 Å². The van der Waals surface area contributed by atoms with Gasteiger partial charge in [-0.2, -0.15) is 4.31 Å². The van der Waals surface area contributed by atoms with Gasteiger partial charge >= 0.3 is 0 Å². The molecule has 4 aromatic carbocycles. The van der Waals surface area contributed by atoms with Gasteiger partial charge in [-0.25, -0.2) is 8.42 Å². The van der Waals surface area contributed by atoms with Crippen LogP contribution in [0.2, 0.25) is 0 Å². The van der Waals surface area contributed by atoms with Gasteiger partial charge in [0.05, 0.1) is 4.90 Å². The number of anilines is 2. The molecule has 1 aliphatic rings. The maximum Gasteiger partial charge on any atom is 0.244 e. The molecule has 2 N–H and O–H groups in total. The average Bonchev–Trinajstić information content (AvgIpc) is 2.87. The minimum Gasteiger partial charge on any atom is -0.326 e. The first-order valence-corrected chi connectivity index (χ1v) is 13.0. The Balaban J connectivity index is 1.50. The smallest absolute Gasteiger partial charge is 0.244 e. The maximum absolute atomic E-state index is 13.9. The minimum absolute atomic E-state index is 0.0926. The number of nitrogens with one attached hydrogen (secondary N) is 2. The van der Waals surface area contributed by atoms with Gasteiger partial charge in [-0.3, -0.25) is 9.59 Å². The molecule has 36 heavy (non-hydrogen) atoms. The SMILES string of the molecule is CC(=O)Nc1cccc(NC(=O)[C@@H]2Cc3ccccc3CN2S(=O)(=O)c2ccc3ccccc3c2)c1. The summed E-state index contributed by atoms with van der Waals surface area (Å²) in [6.07, 6.45) is 0.250. The minimum atomic E-state index is -3.99. The molecule has 1 heterocycles. The van der Waals surface area contributed by atoms with Crippen molar-refractivity contribution in [1.29, 1.82) is 0 Å². The second kappa shape index (κ2) is 9.56. The molecule has 7 nitrogen and oxygen atoms in total. The highest BCUT2D eigenvalue weighted by molar-refractivity contribution is 7.89. The van der Waals surface area contributed by atoms with Crippen LogP contribution < -0.4 is 10.6 Å². The van der Waals surface area contributed by atoms with Crippen molar-refractivity contribution < 1.29 is 18.0 Å². The van der Waals surface area contributed by atoms with Gasteiger partial charge in [0.25, 0.3) is 0 Å². The monoisotopic (exact) mass is 499 g/mol. The van der Waals surface area contributed by atoms with E-state index in [1.54, 1.807) is 42.5 Å². The van der Waals surface area contributed by atoms with E-state index < -0.39 is 22.0 Å². The van der Waals surface area contributed by atoms with Crippen LogP contribution >= 0.6 is 0 Å². The molecular weight excluding hydrogens is 474 g/mol. The molecule has 2 amide bonds. The standard InChI is InChI=1S/C28H25N3O4S/c1-19(32)29-24-11-6-12-25(17-24)30-28(33)27-16-22-9-4-5-10-23(22)18-31(27)36(34,35)26-14-13-20-7-2-3-8-21(20)15-26/h2-15,17,27H,16,18H2,1H3,(H,29,32)(H,30,33)/t27-/m0/s1. The van der Waals surface area contributed by atoms with Crippen LogP contribution in [-0.2, 0) is 32.6 Å². The summed E-state index contributed by atoms with van der Waals surface area (Å²) in [7, 11) is -3.99. The van der Waals surface area contributed by atoms with Gasteiger partial charge in [0.2, 0.25) is 21.8 Å². The number of rotatable bonds is 5. The Morgan fingerprint density at radius 2 is 1.44 bits per heavy atom. The van der Waals surface area contributed by atoms with Crippen LogP contribution in [0.5, 0.6) is 0 Å². The number of carbonyl (C=O) groups is 2. The Morgan fingerprint density at radius 1 is 0.778 bits per heavy atom. The van der Waals surface area contributed by atoms with Crippen LogP contribution in [-0.4, -0.2) is 30.6 Å². The zero-order valence-electron chi connectivity index (χ0n) is 19.6. The Morgan fingerprint density at radius 3 is 2.19 bits per heavy atom. The number of benzene rings is 4. The molecule has 0 spiro atoms. The fourth-order valence-corrected chi connectivity index (χ4v) is 6.14. The van der Waals surface area contributed by atoms with Crippen LogP contribution in [0, 0.1) is 0 Å². The Kier molecular flexibility index (Phi) is 6.30. The summed E-state index contributed by atoms with van der Waals surface area (Å²) < 4.78 is 29.0. The number of fused-ring (bicyclic) bond motifs is 2. The normalized spacial score (nSPS) is 15.8. The molecule has 0 saturated carbocycles. The zero-order valence-corrected chi connectivity index (χ0v) is 20.5. The highest BCUT2D eigenvalue weighted by atomic mass is 32.2. The van der Waals surface area contributed by atoms with Crippen molar-refractivity contribution in [2.75, 3.05) is 10.6 Å². The van der Waals surface area contributed by atoms with Crippen LogP contribution in [0.3, 0.4) is 0 Å². The van der Waals surface area contributed by atoms with E-state index in [0.29, 0.717) is 11.4 Å². The van der Waals surface area contributed by atoms with Crippen molar-refractivity contribution in [2.45, 2.75) is 30.8 Å². The molecule has 182 valence electrons. The lowest BCUT2D eigenvalue weighted by atomic mass is 9.95. The summed E-state index contributed by atoms with van der Waals surface area (Å²) in [6, 6.07) is 26.0. The van der Waals surface area contributed by atoms with Crippen LogP contribution in [0.1, 0.15) is 18.1 Å². The molecule has 0 bridgehead atoms. The highest BCUT2D eigenvalue weighted by Gasteiger charge is 2.39. The first-order chi connectivity index (χ1) is 17.3. The number of amides is 2. The molecule has 1 atom stereocenters. The van der Waals surface area contributed by atoms with Gasteiger partial charge in [-0.05, 0) is 58.7 Å². The lowest BCUT2D eigenvalue weighted by Crippen LogP contribution is -2.50. The summed E-state index contributed by atoms with van der Waals surface area (Å²) in [4.78, 5) is 25.1. The summed E-state index contributed by atoms with van der Waals surface area (Å²) in [5, 5.41) is 7.28. The molecule has 8 heteroatoms. The summed E-state index contributed by atoms with van der Waals surface area (Å²) in [6.45, 7) is 1.50. The van der Waals surface area contributed by atoms with Crippen molar-refractivity contribution in [3.63, 3.8) is 0 Å². The third kappa shape index (κ3) is 4.73. The lowest BCUT2D eigenvalue weighted by molar-refractivity contribution is -0.120. The van der Waals surface area contributed by atoms with Crippen molar-refractivity contribution in [3.05, 3.63) is 102 Å². The van der Waals surface area contributed by atoms with E-state index in [4.69, 9.17) is 0 Å². The summed E-state index contributed by atoms with van der Waals surface area (Å²) in [5.74, 6) is -0.663. The predicted molar refractivity (Wildman–Crippen MR) is 140 cm³/mol. The van der Waals surface area contributed by atoms with E-state index in [2.05, 4.69) is 10.6 Å². The van der Waals surface area contributed by atoms with Crippen LogP contribution in [0.4, 0.5) is 11.4 Å². The van der Waals surface area contributed by atoms with Gasteiger partial charge in [-0.1, -0.05) is 60.7 Å². The van der Waals surface area contributed by atoms with Crippen LogP contribution in [0.15, 0.2) is 95.9 Å². The van der Waals surface area contributed by atoms with Crippen molar-refractivity contribution in [2.24, 2.45) is 0 Å². The van der Waals surface area contributed by atoms with Gasteiger partial charge in [-0.15, -0.1) is 0 Å². The quantitative estimate of drug-likeness (QED) is 0.421. The third-order valence-electron chi connectivity index (χ3n) is 6.29. The molecule has 0 aromatic heterocycles. The molecule has 0 saturated heterocycles. The molecule has 5 rings (SSSR count). The second-order valence-electron chi connectivity index (χ2n) is 8.80. The predicted octanol–water partition coefficient (Wildman–Crippen LogP) is 4.55. The second-order valence-corrected chi connectivity index (χ2v) is 10.7. The van der Waals surface area contributed by atoms with Crippen molar-refractivity contribution >= 4 is 44.0 Å². The number of sulfonamides is 1. The maximum atomic E-state index is 13.9. The number of carbonyl (C=O) groups excluding carboxylic acids is 2. The highest BCUT2D eigenvalue weighted by Crippen LogP contribution is 2.31. The van der Waals surface area contributed by atoms with Crippen LogP contribution in [0.25, 0.3) is 10.8 Å². The zero-order chi connectivity index (χ0) is 25.3. The Bertz CT molecular complexity index is 1580. The van der Waals surface area contributed by atoms with Crippen molar-refractivity contribution in [1.82, 2.24) is 4.31 Å². The van der Waals surface area contributed by atoms with E-state index >= 15 is 0 Å². The van der Waals surface area contributed by atoms with Gasteiger partial charge in [0.1, 0.15) is 6.04 Å². The third-order valence-corrected chi connectivity index (χ3v) is 8.14. The van der Waals surface area contributed by atoms with E-state index in [1.165, 1.54) is 11.2 Å². The topological polar surface area (TPSA) is 95.6 Å². The average molecular weight is 500 g/mol. The molecular formula is C28H25N3O4S. The Labute approximate surface area is 209 Å². The Hall–Kier alpha value is -4.01. The van der Waals surface area contributed by atoms with Gasteiger partial charge in [0, 0.05) is 24.8 Å². The molecule has 1 aliphatic heterocycles. The summed E-state index contributed by atoms with van der Waals surface area (Å²) >= 11 is 0. The molecule has 0 unspecified atom stereocenters. The number of hydrogen-bond donors (Lipinski definition) is 2. The molecule has 4 aromatic rings. The van der Waals surface area contributed by atoms with E-state index in [1.807, 2.05) is 48.5 Å². The fraction of sp³-hybridized carbons (Fsp3) is 0.143. The number of hydrogen-bond acceptors (Lipinski definition) is 4. The van der Waals surface area contributed by atoms with E-state index in [-0.39, 0.29) is 23.8 Å². The lowest BCUT2D eigenvalue weighted by Gasteiger charge is -2.35.